The maximum absolute atomic E-state index is 12.4. The van der Waals surface area contributed by atoms with Gasteiger partial charge in [-0.05, 0) is 42.0 Å². The summed E-state index contributed by atoms with van der Waals surface area (Å²) in [5.41, 5.74) is 0.123. The summed E-state index contributed by atoms with van der Waals surface area (Å²) in [6, 6.07) is 12.3. The lowest BCUT2D eigenvalue weighted by molar-refractivity contribution is -0.137. The van der Waals surface area contributed by atoms with E-state index < -0.39 is 11.7 Å². The van der Waals surface area contributed by atoms with Gasteiger partial charge in [0, 0.05) is 9.79 Å². The molecule has 0 atom stereocenters. The molecule has 0 aliphatic carbocycles. The van der Waals surface area contributed by atoms with Gasteiger partial charge in [0.15, 0.2) is 0 Å². The molecule has 5 heteroatoms. The molecule has 100 valence electrons. The summed E-state index contributed by atoms with van der Waals surface area (Å²) in [6.45, 7) is -0.0542. The molecule has 0 bridgehead atoms. The molecule has 2 rings (SSSR count). The molecule has 1 nitrogen and oxygen atoms in total. The van der Waals surface area contributed by atoms with Gasteiger partial charge in [0.2, 0.25) is 0 Å². The van der Waals surface area contributed by atoms with Crippen LogP contribution in [0.5, 0.6) is 0 Å². The number of hydrogen-bond acceptors (Lipinski definition) is 2. The second-order valence-corrected chi connectivity index (χ2v) is 5.08. The van der Waals surface area contributed by atoms with E-state index in [1.807, 2.05) is 12.1 Å². The molecule has 0 aliphatic heterocycles. The zero-order valence-corrected chi connectivity index (χ0v) is 10.6. The first-order chi connectivity index (χ1) is 8.99. The summed E-state index contributed by atoms with van der Waals surface area (Å²) in [4.78, 5) is 1.61. The second kappa shape index (κ2) is 5.67. The van der Waals surface area contributed by atoms with Crippen molar-refractivity contribution in [3.8, 4) is 0 Å². The predicted octanol–water partition coefficient (Wildman–Crippen LogP) is 4.35. The summed E-state index contributed by atoms with van der Waals surface area (Å²) in [7, 11) is 0. The number of halogens is 3. The largest absolute Gasteiger partial charge is 0.416 e. The van der Waals surface area contributed by atoms with Crippen LogP contribution in [0.2, 0.25) is 0 Å². The first-order valence-corrected chi connectivity index (χ1v) is 6.35. The van der Waals surface area contributed by atoms with Gasteiger partial charge in [-0.15, -0.1) is 0 Å². The Morgan fingerprint density at radius 3 is 2.21 bits per heavy atom. The topological polar surface area (TPSA) is 20.2 Å². The first kappa shape index (κ1) is 14.0. The number of rotatable bonds is 3. The Hall–Kier alpha value is -1.46. The molecule has 19 heavy (non-hydrogen) atoms. The second-order valence-electron chi connectivity index (χ2n) is 3.93. The highest BCUT2D eigenvalue weighted by atomic mass is 32.2. The van der Waals surface area contributed by atoms with E-state index >= 15 is 0 Å². The molecule has 0 radical (unpaired) electrons. The standard InChI is InChI=1S/C14H11F3OS/c15-14(16,17)11-4-6-12(7-5-11)19-13-3-1-2-10(8-13)9-18/h1-8,18H,9H2. The van der Waals surface area contributed by atoms with Gasteiger partial charge in [0.1, 0.15) is 0 Å². The van der Waals surface area contributed by atoms with E-state index in [1.54, 1.807) is 12.1 Å². The molecule has 0 unspecified atom stereocenters. The van der Waals surface area contributed by atoms with Gasteiger partial charge in [-0.25, -0.2) is 0 Å². The number of aliphatic hydroxyl groups is 1. The van der Waals surface area contributed by atoms with Crippen LogP contribution < -0.4 is 0 Å². The summed E-state index contributed by atoms with van der Waals surface area (Å²) >= 11 is 1.36. The zero-order valence-electron chi connectivity index (χ0n) is 9.82. The van der Waals surface area contributed by atoms with Crippen molar-refractivity contribution in [1.29, 1.82) is 0 Å². The molecule has 0 amide bonds. The third kappa shape index (κ3) is 3.75. The molecule has 0 saturated heterocycles. The summed E-state index contributed by atoms with van der Waals surface area (Å²) < 4.78 is 37.2. The Balaban J connectivity index is 2.15. The van der Waals surface area contributed by atoms with E-state index in [4.69, 9.17) is 5.11 Å². The van der Waals surface area contributed by atoms with Crippen molar-refractivity contribution in [3.05, 3.63) is 59.7 Å². The Kier molecular flexibility index (Phi) is 4.17. The maximum Gasteiger partial charge on any atom is 0.416 e. The average Bonchev–Trinajstić information content (AvgIpc) is 2.38. The lowest BCUT2D eigenvalue weighted by Gasteiger charge is -2.07. The van der Waals surface area contributed by atoms with Gasteiger partial charge >= 0.3 is 6.18 Å². The van der Waals surface area contributed by atoms with Crippen LogP contribution in [0.15, 0.2) is 58.3 Å². The Bertz CT molecular complexity index is 549. The molecule has 0 fully saturated rings. The van der Waals surface area contributed by atoms with Crippen molar-refractivity contribution in [2.45, 2.75) is 22.6 Å². The highest BCUT2D eigenvalue weighted by Crippen LogP contribution is 2.33. The molecule has 0 saturated carbocycles. The minimum absolute atomic E-state index is 0.0542. The molecule has 0 spiro atoms. The molecular formula is C14H11F3OS. The van der Waals surface area contributed by atoms with Crippen LogP contribution in [0.4, 0.5) is 13.2 Å². The number of alkyl halides is 3. The number of hydrogen-bond donors (Lipinski definition) is 1. The lowest BCUT2D eigenvalue weighted by atomic mass is 10.2. The minimum atomic E-state index is -4.31. The van der Waals surface area contributed by atoms with Gasteiger partial charge in [-0.3, -0.25) is 0 Å². The van der Waals surface area contributed by atoms with E-state index in [9.17, 15) is 13.2 Å². The van der Waals surface area contributed by atoms with E-state index in [2.05, 4.69) is 0 Å². The van der Waals surface area contributed by atoms with Crippen molar-refractivity contribution in [2.24, 2.45) is 0 Å². The van der Waals surface area contributed by atoms with E-state index in [0.29, 0.717) is 0 Å². The highest BCUT2D eigenvalue weighted by molar-refractivity contribution is 7.99. The molecule has 2 aromatic carbocycles. The quantitative estimate of drug-likeness (QED) is 0.904. The van der Waals surface area contributed by atoms with Crippen molar-refractivity contribution >= 4 is 11.8 Å². The zero-order chi connectivity index (χ0) is 13.9. The van der Waals surface area contributed by atoms with Crippen LogP contribution in [0.3, 0.4) is 0 Å². The summed E-state index contributed by atoms with van der Waals surface area (Å²) in [5.74, 6) is 0. The highest BCUT2D eigenvalue weighted by Gasteiger charge is 2.29. The molecule has 0 heterocycles. The SMILES string of the molecule is OCc1cccc(Sc2ccc(C(F)(F)F)cc2)c1. The maximum atomic E-state index is 12.4. The minimum Gasteiger partial charge on any atom is -0.392 e. The van der Waals surface area contributed by atoms with Gasteiger partial charge in [0.25, 0.3) is 0 Å². The molecular weight excluding hydrogens is 273 g/mol. The van der Waals surface area contributed by atoms with Crippen LogP contribution in [0.1, 0.15) is 11.1 Å². The third-order valence-electron chi connectivity index (χ3n) is 2.50. The van der Waals surface area contributed by atoms with Crippen molar-refractivity contribution in [1.82, 2.24) is 0 Å². The molecule has 0 aliphatic rings. The first-order valence-electron chi connectivity index (χ1n) is 5.54. The normalized spacial score (nSPS) is 11.6. The van der Waals surface area contributed by atoms with Gasteiger partial charge in [-0.1, -0.05) is 23.9 Å². The third-order valence-corrected chi connectivity index (χ3v) is 3.50. The Labute approximate surface area is 113 Å². The predicted molar refractivity (Wildman–Crippen MR) is 67.9 cm³/mol. The monoisotopic (exact) mass is 284 g/mol. The van der Waals surface area contributed by atoms with Crippen molar-refractivity contribution < 1.29 is 18.3 Å². The van der Waals surface area contributed by atoms with E-state index in [1.165, 1.54) is 23.9 Å². The van der Waals surface area contributed by atoms with E-state index in [-0.39, 0.29) is 6.61 Å². The Morgan fingerprint density at radius 2 is 1.63 bits per heavy atom. The fraction of sp³-hybridized carbons (Fsp3) is 0.143. The van der Waals surface area contributed by atoms with Crippen LogP contribution in [0, 0.1) is 0 Å². The molecule has 1 N–H and O–H groups in total. The number of benzene rings is 2. The average molecular weight is 284 g/mol. The van der Waals surface area contributed by atoms with Crippen LogP contribution in [-0.2, 0) is 12.8 Å². The molecule has 2 aromatic rings. The summed E-state index contributed by atoms with van der Waals surface area (Å²) in [5, 5.41) is 9.02. The van der Waals surface area contributed by atoms with Gasteiger partial charge < -0.3 is 5.11 Å². The fourth-order valence-corrected chi connectivity index (χ4v) is 2.46. The smallest absolute Gasteiger partial charge is 0.392 e. The molecule has 0 aromatic heterocycles. The van der Waals surface area contributed by atoms with Crippen molar-refractivity contribution in [2.75, 3.05) is 0 Å². The lowest BCUT2D eigenvalue weighted by Crippen LogP contribution is -2.03. The fourth-order valence-electron chi connectivity index (χ4n) is 1.56. The van der Waals surface area contributed by atoms with Gasteiger partial charge in [0.05, 0.1) is 12.2 Å². The van der Waals surface area contributed by atoms with E-state index in [0.717, 1.165) is 27.5 Å². The van der Waals surface area contributed by atoms with Crippen LogP contribution in [0.25, 0.3) is 0 Å². The van der Waals surface area contributed by atoms with Gasteiger partial charge in [-0.2, -0.15) is 13.2 Å². The van der Waals surface area contributed by atoms with Crippen molar-refractivity contribution in [3.63, 3.8) is 0 Å². The number of aliphatic hydroxyl groups excluding tert-OH is 1. The summed E-state index contributed by atoms with van der Waals surface area (Å²) in [6.07, 6.45) is -4.31. The van der Waals surface area contributed by atoms with Crippen LogP contribution in [-0.4, -0.2) is 5.11 Å². The van der Waals surface area contributed by atoms with Crippen LogP contribution >= 0.6 is 11.8 Å². The Morgan fingerprint density at radius 1 is 0.947 bits per heavy atom.